The maximum absolute atomic E-state index is 11.7. The van der Waals surface area contributed by atoms with Crippen molar-refractivity contribution in [2.24, 2.45) is 0 Å². The highest BCUT2D eigenvalue weighted by atomic mass is 32.1. The molecular formula is C15H18N2O4S. The highest BCUT2D eigenvalue weighted by molar-refractivity contribution is 7.14. The summed E-state index contributed by atoms with van der Waals surface area (Å²) in [6, 6.07) is 4.28. The van der Waals surface area contributed by atoms with Crippen molar-refractivity contribution in [2.45, 2.75) is 25.7 Å². The second-order valence-electron chi connectivity index (χ2n) is 4.82. The lowest BCUT2D eigenvalue weighted by atomic mass is 10.1. The Labute approximate surface area is 132 Å². The van der Waals surface area contributed by atoms with E-state index < -0.39 is 0 Å². The number of nitrogens with zero attached hydrogens (tertiary/aromatic N) is 1. The van der Waals surface area contributed by atoms with E-state index in [9.17, 15) is 15.0 Å². The Hall–Kier alpha value is -2.12. The van der Waals surface area contributed by atoms with E-state index in [1.54, 1.807) is 11.4 Å². The van der Waals surface area contributed by atoms with Crippen LogP contribution in [0.3, 0.4) is 0 Å². The number of aromatic nitrogens is 1. The number of carbonyl (C=O) groups is 1. The van der Waals surface area contributed by atoms with Crippen molar-refractivity contribution >= 4 is 22.4 Å². The van der Waals surface area contributed by atoms with Crippen molar-refractivity contribution in [3.05, 3.63) is 23.6 Å². The lowest BCUT2D eigenvalue weighted by Gasteiger charge is -2.02. The minimum atomic E-state index is -0.117. The number of rotatable bonds is 7. The summed E-state index contributed by atoms with van der Waals surface area (Å²) >= 11 is 1.27. The second-order valence-corrected chi connectivity index (χ2v) is 5.68. The molecule has 1 aromatic heterocycles. The standard InChI is InChI=1S/C15H18N2O4S/c18-7-3-1-2-4-14(21)17-15-16-12(9-22-15)11-6-5-10(19)8-13(11)20/h5-6,8-9,18-20H,1-4,7H2,(H,16,17,21). The molecule has 0 aliphatic carbocycles. The third kappa shape index (κ3) is 4.44. The van der Waals surface area contributed by atoms with Crippen molar-refractivity contribution in [1.82, 2.24) is 4.98 Å². The zero-order valence-electron chi connectivity index (χ0n) is 12.0. The number of hydrogen-bond acceptors (Lipinski definition) is 6. The van der Waals surface area contributed by atoms with Crippen LogP contribution in [-0.4, -0.2) is 32.8 Å². The molecule has 22 heavy (non-hydrogen) atoms. The molecule has 0 atom stereocenters. The van der Waals surface area contributed by atoms with Crippen LogP contribution >= 0.6 is 11.3 Å². The summed E-state index contributed by atoms with van der Waals surface area (Å²) in [5, 5.41) is 32.7. The number of anilines is 1. The molecule has 7 heteroatoms. The minimum absolute atomic E-state index is 0.0205. The fourth-order valence-corrected chi connectivity index (χ4v) is 2.67. The van der Waals surface area contributed by atoms with E-state index in [0.29, 0.717) is 29.2 Å². The molecule has 0 unspecified atom stereocenters. The number of carbonyl (C=O) groups excluding carboxylic acids is 1. The number of nitrogens with one attached hydrogen (secondary N) is 1. The van der Waals surface area contributed by atoms with Crippen LogP contribution in [0.1, 0.15) is 25.7 Å². The number of amides is 1. The summed E-state index contributed by atoms with van der Waals surface area (Å²) in [4.78, 5) is 16.0. The number of aliphatic hydroxyl groups excluding tert-OH is 1. The van der Waals surface area contributed by atoms with Gasteiger partial charge in [-0.05, 0) is 25.0 Å². The predicted octanol–water partition coefficient (Wildman–Crippen LogP) is 2.71. The highest BCUT2D eigenvalue weighted by Crippen LogP contribution is 2.33. The number of unbranched alkanes of at least 4 members (excludes halogenated alkanes) is 2. The Morgan fingerprint density at radius 3 is 2.77 bits per heavy atom. The predicted molar refractivity (Wildman–Crippen MR) is 85.1 cm³/mol. The van der Waals surface area contributed by atoms with Crippen molar-refractivity contribution in [3.8, 4) is 22.8 Å². The van der Waals surface area contributed by atoms with E-state index in [-0.39, 0.29) is 24.0 Å². The molecule has 1 aromatic carbocycles. The first-order chi connectivity index (χ1) is 10.6. The van der Waals surface area contributed by atoms with Crippen molar-refractivity contribution in [1.29, 1.82) is 0 Å². The van der Waals surface area contributed by atoms with Crippen LogP contribution in [-0.2, 0) is 4.79 Å². The summed E-state index contributed by atoms with van der Waals surface area (Å²) in [7, 11) is 0. The molecule has 0 aliphatic rings. The van der Waals surface area contributed by atoms with E-state index in [0.717, 1.165) is 12.8 Å². The van der Waals surface area contributed by atoms with Crippen LogP contribution in [0.25, 0.3) is 11.3 Å². The molecule has 4 N–H and O–H groups in total. The van der Waals surface area contributed by atoms with Crippen LogP contribution in [0, 0.1) is 0 Å². The largest absolute Gasteiger partial charge is 0.508 e. The van der Waals surface area contributed by atoms with Gasteiger partial charge in [0.25, 0.3) is 0 Å². The smallest absolute Gasteiger partial charge is 0.226 e. The Morgan fingerprint density at radius 2 is 2.05 bits per heavy atom. The second kappa shape index (κ2) is 7.77. The van der Waals surface area contributed by atoms with Gasteiger partial charge in [0.1, 0.15) is 11.5 Å². The number of aromatic hydroxyl groups is 2. The molecule has 0 fully saturated rings. The molecule has 0 saturated carbocycles. The van der Waals surface area contributed by atoms with Gasteiger partial charge in [0.05, 0.1) is 5.69 Å². The highest BCUT2D eigenvalue weighted by Gasteiger charge is 2.11. The van der Waals surface area contributed by atoms with E-state index in [1.165, 1.54) is 23.5 Å². The fraction of sp³-hybridized carbons (Fsp3) is 0.333. The van der Waals surface area contributed by atoms with Gasteiger partial charge in [0.2, 0.25) is 5.91 Å². The first kappa shape index (κ1) is 16.3. The molecule has 0 radical (unpaired) electrons. The van der Waals surface area contributed by atoms with Gasteiger partial charge >= 0.3 is 0 Å². The van der Waals surface area contributed by atoms with E-state index >= 15 is 0 Å². The van der Waals surface area contributed by atoms with Crippen LogP contribution in [0.4, 0.5) is 5.13 Å². The number of benzene rings is 1. The van der Waals surface area contributed by atoms with Crippen molar-refractivity contribution < 1.29 is 20.1 Å². The SMILES string of the molecule is O=C(CCCCCO)Nc1nc(-c2ccc(O)cc2O)cs1. The lowest BCUT2D eigenvalue weighted by molar-refractivity contribution is -0.116. The van der Waals surface area contributed by atoms with Gasteiger partial charge in [-0.25, -0.2) is 4.98 Å². The number of hydrogen-bond donors (Lipinski definition) is 4. The summed E-state index contributed by atoms with van der Waals surface area (Å²) < 4.78 is 0. The molecular weight excluding hydrogens is 304 g/mol. The maximum Gasteiger partial charge on any atom is 0.226 e. The topological polar surface area (TPSA) is 103 Å². The third-order valence-electron chi connectivity index (χ3n) is 3.07. The third-order valence-corrected chi connectivity index (χ3v) is 3.83. The fourth-order valence-electron chi connectivity index (χ4n) is 1.95. The molecule has 6 nitrogen and oxygen atoms in total. The van der Waals surface area contributed by atoms with Crippen LogP contribution in [0.5, 0.6) is 11.5 Å². The first-order valence-corrected chi connectivity index (χ1v) is 7.86. The summed E-state index contributed by atoms with van der Waals surface area (Å²) in [5.41, 5.74) is 1.04. The van der Waals surface area contributed by atoms with Crippen LogP contribution in [0.2, 0.25) is 0 Å². The zero-order chi connectivity index (χ0) is 15.9. The first-order valence-electron chi connectivity index (χ1n) is 6.98. The van der Waals surface area contributed by atoms with Gasteiger partial charge in [-0.2, -0.15) is 0 Å². The van der Waals surface area contributed by atoms with Crippen molar-refractivity contribution in [2.75, 3.05) is 11.9 Å². The summed E-state index contributed by atoms with van der Waals surface area (Å²) in [5.74, 6) is -0.200. The number of thiazole rings is 1. The molecule has 0 spiro atoms. The van der Waals surface area contributed by atoms with E-state index in [2.05, 4.69) is 10.3 Å². The summed E-state index contributed by atoms with van der Waals surface area (Å²) in [6.45, 7) is 0.146. The minimum Gasteiger partial charge on any atom is -0.508 e. The number of aliphatic hydroxyl groups is 1. The molecule has 0 bridgehead atoms. The zero-order valence-corrected chi connectivity index (χ0v) is 12.8. The Balaban J connectivity index is 1.95. The van der Waals surface area contributed by atoms with Gasteiger partial charge in [-0.15, -0.1) is 11.3 Å². The van der Waals surface area contributed by atoms with Gasteiger partial charge in [-0.3, -0.25) is 4.79 Å². The average Bonchev–Trinajstić information content (AvgIpc) is 2.92. The van der Waals surface area contributed by atoms with Gasteiger partial charge in [0.15, 0.2) is 5.13 Å². The molecule has 118 valence electrons. The van der Waals surface area contributed by atoms with Crippen LogP contribution in [0.15, 0.2) is 23.6 Å². The number of phenolic OH excluding ortho intramolecular Hbond substituents is 2. The maximum atomic E-state index is 11.7. The van der Waals surface area contributed by atoms with E-state index in [1.807, 2.05) is 0 Å². The molecule has 2 aromatic rings. The van der Waals surface area contributed by atoms with E-state index in [4.69, 9.17) is 5.11 Å². The summed E-state index contributed by atoms with van der Waals surface area (Å²) in [6.07, 6.45) is 2.63. The molecule has 2 rings (SSSR count). The van der Waals surface area contributed by atoms with Crippen LogP contribution < -0.4 is 5.32 Å². The van der Waals surface area contributed by atoms with Gasteiger partial charge < -0.3 is 20.6 Å². The molecule has 1 amide bonds. The molecule has 1 heterocycles. The Morgan fingerprint density at radius 1 is 1.23 bits per heavy atom. The van der Waals surface area contributed by atoms with Gasteiger partial charge in [-0.1, -0.05) is 6.42 Å². The normalized spacial score (nSPS) is 10.6. The monoisotopic (exact) mass is 322 g/mol. The Bertz CT molecular complexity index is 642. The number of phenols is 2. The average molecular weight is 322 g/mol. The lowest BCUT2D eigenvalue weighted by Crippen LogP contribution is -2.10. The Kier molecular flexibility index (Phi) is 5.74. The van der Waals surface area contributed by atoms with Gasteiger partial charge in [0, 0.05) is 30.0 Å². The quantitative estimate of drug-likeness (QED) is 0.587. The molecule has 0 aliphatic heterocycles. The van der Waals surface area contributed by atoms with Crippen molar-refractivity contribution in [3.63, 3.8) is 0 Å². The molecule has 0 saturated heterocycles.